The molecule has 0 bridgehead atoms. The molecule has 5 heteroatoms. The van der Waals surface area contributed by atoms with E-state index in [1.165, 1.54) is 12.2 Å². The Bertz CT molecular complexity index is 394. The van der Waals surface area contributed by atoms with Crippen molar-refractivity contribution in [2.45, 2.75) is 6.42 Å². The summed E-state index contributed by atoms with van der Waals surface area (Å²) in [6.45, 7) is 0. The zero-order valence-corrected chi connectivity index (χ0v) is 8.93. The third-order valence-corrected chi connectivity index (χ3v) is 2.27. The monoisotopic (exact) mass is 226 g/mol. The maximum atomic E-state index is 10.6. The Labute approximate surface area is 92.4 Å². The van der Waals surface area contributed by atoms with E-state index in [0.29, 0.717) is 16.2 Å². The molecular formula is C10H11ClN2O2. The second-order valence-corrected chi connectivity index (χ2v) is 3.40. The summed E-state index contributed by atoms with van der Waals surface area (Å²) in [5.41, 5.74) is 1.24. The van der Waals surface area contributed by atoms with Crippen LogP contribution in [0.5, 0.6) is 0 Å². The second kappa shape index (κ2) is 4.79. The molecular weight excluding hydrogens is 216 g/mol. The van der Waals surface area contributed by atoms with Crippen molar-refractivity contribution in [3.8, 4) is 0 Å². The van der Waals surface area contributed by atoms with Gasteiger partial charge in [-0.1, -0.05) is 11.6 Å². The van der Waals surface area contributed by atoms with Gasteiger partial charge in [-0.25, -0.2) is 0 Å². The molecule has 0 radical (unpaired) electrons. The highest BCUT2D eigenvalue weighted by Crippen LogP contribution is 2.27. The lowest BCUT2D eigenvalue weighted by Crippen LogP contribution is -2.13. The minimum absolute atomic E-state index is 0.181. The highest BCUT2D eigenvalue weighted by Gasteiger charge is 2.18. The fourth-order valence-corrected chi connectivity index (χ4v) is 1.51. The molecule has 3 N–H and O–H groups in total. The van der Waals surface area contributed by atoms with E-state index in [1.807, 2.05) is 0 Å². The number of allylic oxidation sites excluding steroid dienone is 4. The molecule has 0 amide bonds. The van der Waals surface area contributed by atoms with Crippen LogP contribution in [0.4, 0.5) is 0 Å². The SMILES string of the molecule is CN/C=C1\C(=N)C=CC(Cl)=C1CC(=O)O. The van der Waals surface area contributed by atoms with Crippen molar-refractivity contribution < 1.29 is 9.90 Å². The molecule has 0 aromatic carbocycles. The summed E-state index contributed by atoms with van der Waals surface area (Å²) in [6.07, 6.45) is 4.47. The van der Waals surface area contributed by atoms with Crippen LogP contribution in [-0.2, 0) is 4.79 Å². The average molecular weight is 227 g/mol. The molecule has 0 unspecified atom stereocenters. The minimum Gasteiger partial charge on any atom is -0.481 e. The molecule has 1 aliphatic carbocycles. The van der Waals surface area contributed by atoms with Gasteiger partial charge < -0.3 is 15.8 Å². The number of carboxylic acid groups (broad SMARTS) is 1. The Morgan fingerprint density at radius 2 is 2.33 bits per heavy atom. The highest BCUT2D eigenvalue weighted by atomic mass is 35.5. The molecule has 0 aliphatic heterocycles. The van der Waals surface area contributed by atoms with Crippen LogP contribution in [-0.4, -0.2) is 23.8 Å². The summed E-state index contributed by atoms with van der Waals surface area (Å²) in [6, 6.07) is 0. The summed E-state index contributed by atoms with van der Waals surface area (Å²) in [5, 5.41) is 19.5. The Hall–Kier alpha value is -1.55. The number of carboxylic acids is 1. The zero-order valence-electron chi connectivity index (χ0n) is 8.17. The number of hydrogen-bond donors (Lipinski definition) is 3. The van der Waals surface area contributed by atoms with Gasteiger partial charge in [-0.2, -0.15) is 0 Å². The quantitative estimate of drug-likeness (QED) is 0.685. The summed E-state index contributed by atoms with van der Waals surface area (Å²) in [5.74, 6) is -0.965. The van der Waals surface area contributed by atoms with Crippen molar-refractivity contribution in [3.63, 3.8) is 0 Å². The molecule has 80 valence electrons. The van der Waals surface area contributed by atoms with Crippen LogP contribution in [0.15, 0.2) is 34.5 Å². The molecule has 0 atom stereocenters. The smallest absolute Gasteiger partial charge is 0.307 e. The second-order valence-electron chi connectivity index (χ2n) is 2.99. The van der Waals surface area contributed by atoms with Gasteiger partial charge in [0.25, 0.3) is 0 Å². The van der Waals surface area contributed by atoms with Crippen LogP contribution in [0.25, 0.3) is 0 Å². The van der Waals surface area contributed by atoms with E-state index in [1.54, 1.807) is 13.2 Å². The summed E-state index contributed by atoms with van der Waals surface area (Å²) in [4.78, 5) is 10.6. The van der Waals surface area contributed by atoms with Crippen LogP contribution in [0.2, 0.25) is 0 Å². The van der Waals surface area contributed by atoms with E-state index < -0.39 is 5.97 Å². The Morgan fingerprint density at radius 3 is 2.87 bits per heavy atom. The molecule has 0 spiro atoms. The van der Waals surface area contributed by atoms with Crippen molar-refractivity contribution >= 4 is 23.3 Å². The molecule has 0 fully saturated rings. The highest BCUT2D eigenvalue weighted by molar-refractivity contribution is 6.34. The number of rotatable bonds is 3. The van der Waals surface area contributed by atoms with E-state index >= 15 is 0 Å². The number of halogens is 1. The van der Waals surface area contributed by atoms with Crippen molar-refractivity contribution in [2.75, 3.05) is 7.05 Å². The van der Waals surface area contributed by atoms with Crippen LogP contribution < -0.4 is 5.32 Å². The maximum Gasteiger partial charge on any atom is 0.307 e. The first-order valence-corrected chi connectivity index (χ1v) is 4.69. The van der Waals surface area contributed by atoms with Gasteiger partial charge in [-0.05, 0) is 17.7 Å². The van der Waals surface area contributed by atoms with Crippen molar-refractivity contribution in [1.29, 1.82) is 5.41 Å². The summed E-state index contributed by atoms with van der Waals surface area (Å²) < 4.78 is 0. The predicted molar refractivity (Wildman–Crippen MR) is 59.1 cm³/mol. The van der Waals surface area contributed by atoms with Gasteiger partial charge in [0.15, 0.2) is 0 Å². The fraction of sp³-hybridized carbons (Fsp3) is 0.200. The third kappa shape index (κ3) is 2.70. The lowest BCUT2D eigenvalue weighted by molar-refractivity contribution is -0.136. The number of carbonyl (C=O) groups is 1. The van der Waals surface area contributed by atoms with E-state index in [0.717, 1.165) is 0 Å². The summed E-state index contributed by atoms with van der Waals surface area (Å²) in [7, 11) is 1.69. The molecule has 0 aromatic rings. The van der Waals surface area contributed by atoms with Crippen LogP contribution in [0.3, 0.4) is 0 Å². The largest absolute Gasteiger partial charge is 0.481 e. The normalized spacial score (nSPS) is 18.5. The van der Waals surface area contributed by atoms with Gasteiger partial charge in [-0.3, -0.25) is 4.79 Å². The van der Waals surface area contributed by atoms with Gasteiger partial charge >= 0.3 is 5.97 Å². The van der Waals surface area contributed by atoms with Gasteiger partial charge in [0.05, 0.1) is 12.1 Å². The third-order valence-electron chi connectivity index (χ3n) is 1.92. The van der Waals surface area contributed by atoms with E-state index in [9.17, 15) is 4.79 Å². The number of aliphatic carboxylic acids is 1. The standard InChI is InChI=1S/C10H11ClN2O2/c1-13-5-7-6(4-10(14)15)8(11)2-3-9(7)12/h2-3,5,12-13H,4H2,1H3,(H,14,15)/b7-5-,12-9?. The lowest BCUT2D eigenvalue weighted by atomic mass is 9.94. The van der Waals surface area contributed by atoms with Gasteiger partial charge in [0.1, 0.15) is 0 Å². The van der Waals surface area contributed by atoms with Crippen molar-refractivity contribution in [1.82, 2.24) is 5.32 Å². The van der Waals surface area contributed by atoms with Crippen LogP contribution >= 0.6 is 11.6 Å². The van der Waals surface area contributed by atoms with Gasteiger partial charge in [-0.15, -0.1) is 0 Å². The van der Waals surface area contributed by atoms with Crippen LogP contribution in [0.1, 0.15) is 6.42 Å². The Morgan fingerprint density at radius 1 is 1.67 bits per heavy atom. The zero-order chi connectivity index (χ0) is 11.4. The predicted octanol–water partition coefficient (Wildman–Crippen LogP) is 1.65. The molecule has 1 rings (SSSR count). The molecule has 0 saturated heterocycles. The first-order valence-electron chi connectivity index (χ1n) is 4.31. The van der Waals surface area contributed by atoms with E-state index in [4.69, 9.17) is 22.1 Å². The first-order chi connectivity index (χ1) is 7.06. The maximum absolute atomic E-state index is 10.6. The molecule has 4 nitrogen and oxygen atoms in total. The first kappa shape index (κ1) is 11.5. The van der Waals surface area contributed by atoms with Gasteiger partial charge in [0.2, 0.25) is 0 Å². The fourth-order valence-electron chi connectivity index (χ4n) is 1.28. The Kier molecular flexibility index (Phi) is 3.68. The van der Waals surface area contributed by atoms with E-state index in [-0.39, 0.29) is 12.1 Å². The van der Waals surface area contributed by atoms with E-state index in [2.05, 4.69) is 5.32 Å². The molecule has 15 heavy (non-hydrogen) atoms. The molecule has 0 saturated carbocycles. The number of nitrogens with one attached hydrogen (secondary N) is 2. The average Bonchev–Trinajstić information content (AvgIpc) is 2.17. The molecule has 0 aromatic heterocycles. The number of hydrogen-bond acceptors (Lipinski definition) is 3. The Balaban J connectivity index is 3.12. The topological polar surface area (TPSA) is 73.2 Å². The lowest BCUT2D eigenvalue weighted by Gasteiger charge is -2.15. The molecule has 1 aliphatic rings. The van der Waals surface area contributed by atoms with Crippen LogP contribution in [0, 0.1) is 5.41 Å². The van der Waals surface area contributed by atoms with Gasteiger partial charge in [0, 0.05) is 23.9 Å². The summed E-state index contributed by atoms with van der Waals surface area (Å²) >= 11 is 5.89. The van der Waals surface area contributed by atoms with Crippen molar-refractivity contribution in [2.24, 2.45) is 0 Å². The minimum atomic E-state index is -0.965. The van der Waals surface area contributed by atoms with Crippen molar-refractivity contribution in [3.05, 3.63) is 34.5 Å². The molecule has 0 heterocycles.